The van der Waals surface area contributed by atoms with Crippen molar-refractivity contribution in [2.45, 2.75) is 52.4 Å². The molecule has 23 heavy (non-hydrogen) atoms. The zero-order valence-corrected chi connectivity index (χ0v) is 14.3. The summed E-state index contributed by atoms with van der Waals surface area (Å²) in [5.74, 6) is -0.217. The first-order valence-electron chi connectivity index (χ1n) is 6.77. The van der Waals surface area contributed by atoms with Crippen molar-refractivity contribution in [2.24, 2.45) is 0 Å². The largest absolute Gasteiger partial charge is 0.467 e. The van der Waals surface area contributed by atoms with Crippen LogP contribution < -0.4 is 4.74 Å². The van der Waals surface area contributed by atoms with Crippen LogP contribution in [-0.4, -0.2) is 41.6 Å². The second-order valence-electron chi connectivity index (χ2n) is 6.06. The number of rotatable bonds is 5. The number of hydrogen-bond donors (Lipinski definition) is 1. The Balaban J connectivity index is 3.02. The molecule has 0 saturated carbocycles. The van der Waals surface area contributed by atoms with Gasteiger partial charge in [0.1, 0.15) is 0 Å². The van der Waals surface area contributed by atoms with Crippen molar-refractivity contribution < 1.29 is 26.7 Å². The van der Waals surface area contributed by atoms with Crippen molar-refractivity contribution in [3.05, 3.63) is 17.3 Å². The van der Waals surface area contributed by atoms with Gasteiger partial charge in [-0.2, -0.15) is 22.6 Å². The average Bonchev–Trinajstić information content (AvgIpc) is 2.33. The van der Waals surface area contributed by atoms with Crippen LogP contribution in [0, 0.1) is 6.92 Å². The van der Waals surface area contributed by atoms with Crippen LogP contribution in [0.15, 0.2) is 6.07 Å². The number of ether oxygens (including phenoxy) is 1. The molecule has 0 aliphatic carbocycles. The highest BCUT2D eigenvalue weighted by molar-refractivity contribution is 7.76. The average molecular weight is 355 g/mol. The maximum Gasteiger partial charge on any atom is 0.422 e. The Kier molecular flexibility index (Phi) is 6.11. The van der Waals surface area contributed by atoms with Crippen molar-refractivity contribution in [1.82, 2.24) is 14.5 Å². The molecule has 1 unspecified atom stereocenters. The predicted molar refractivity (Wildman–Crippen MR) is 79.1 cm³/mol. The van der Waals surface area contributed by atoms with Gasteiger partial charge in [-0.15, -0.1) is 5.10 Å². The predicted octanol–water partition coefficient (Wildman–Crippen LogP) is 3.02. The smallest absolute Gasteiger partial charge is 0.422 e. The first kappa shape index (κ1) is 19.8. The Morgan fingerprint density at radius 3 is 2.30 bits per heavy atom. The maximum absolute atomic E-state index is 12.2. The maximum atomic E-state index is 12.2. The van der Waals surface area contributed by atoms with Crippen LogP contribution in [0.1, 0.15) is 45.0 Å². The van der Waals surface area contributed by atoms with Gasteiger partial charge in [-0.05, 0) is 40.7 Å². The standard InChI is InChI=1S/C13H20F3N3O3S/c1-8-6-10(9(2)19(23(20)21)12(3,4)5)17-18-11(8)22-7-13(14,15)16/h6,9H,7H2,1-5H3,(H,20,21)/t9-/m1/s1. The highest BCUT2D eigenvalue weighted by Gasteiger charge is 2.33. The lowest BCUT2D eigenvalue weighted by Crippen LogP contribution is -2.44. The van der Waals surface area contributed by atoms with Crippen LogP contribution in [0.5, 0.6) is 5.88 Å². The molecule has 1 N–H and O–H groups in total. The van der Waals surface area contributed by atoms with Crippen LogP contribution in [0.3, 0.4) is 0 Å². The molecule has 132 valence electrons. The topological polar surface area (TPSA) is 75.6 Å². The van der Waals surface area contributed by atoms with Gasteiger partial charge in [0.15, 0.2) is 6.61 Å². The van der Waals surface area contributed by atoms with Crippen LogP contribution in [0.2, 0.25) is 0 Å². The van der Waals surface area contributed by atoms with E-state index in [-0.39, 0.29) is 5.88 Å². The van der Waals surface area contributed by atoms with Gasteiger partial charge >= 0.3 is 6.18 Å². The molecule has 1 aromatic rings. The number of aromatic nitrogens is 2. The van der Waals surface area contributed by atoms with E-state index in [0.717, 1.165) is 0 Å². The van der Waals surface area contributed by atoms with Crippen LogP contribution in [0.4, 0.5) is 13.2 Å². The third-order valence-corrected chi connectivity index (χ3v) is 4.14. The Labute approximate surface area is 135 Å². The minimum atomic E-state index is -4.46. The van der Waals surface area contributed by atoms with E-state index in [9.17, 15) is 21.9 Å². The highest BCUT2D eigenvalue weighted by Crippen LogP contribution is 2.29. The van der Waals surface area contributed by atoms with Gasteiger partial charge in [-0.25, -0.2) is 4.21 Å². The van der Waals surface area contributed by atoms with Crippen LogP contribution >= 0.6 is 0 Å². The molecular formula is C13H20F3N3O3S. The second kappa shape index (κ2) is 7.10. The lowest BCUT2D eigenvalue weighted by molar-refractivity contribution is -0.154. The molecule has 0 aliphatic rings. The quantitative estimate of drug-likeness (QED) is 0.822. The Morgan fingerprint density at radius 2 is 1.91 bits per heavy atom. The van der Waals surface area contributed by atoms with Crippen molar-refractivity contribution in [3.8, 4) is 5.88 Å². The minimum absolute atomic E-state index is 0.217. The van der Waals surface area contributed by atoms with E-state index in [1.807, 2.05) is 0 Å². The van der Waals surface area contributed by atoms with Crippen molar-refractivity contribution in [2.75, 3.05) is 6.61 Å². The highest BCUT2D eigenvalue weighted by atomic mass is 32.2. The molecular weight excluding hydrogens is 335 g/mol. The number of nitrogens with zero attached hydrogens (tertiary/aromatic N) is 3. The molecule has 1 rings (SSSR count). The Bertz CT molecular complexity index is 576. The van der Waals surface area contributed by atoms with Gasteiger partial charge < -0.3 is 4.74 Å². The number of alkyl halides is 3. The number of hydrogen-bond acceptors (Lipinski definition) is 4. The third-order valence-electron chi connectivity index (χ3n) is 2.94. The van der Waals surface area contributed by atoms with Gasteiger partial charge in [0, 0.05) is 11.1 Å². The molecule has 10 heteroatoms. The molecule has 1 aromatic heterocycles. The van der Waals surface area contributed by atoms with E-state index in [2.05, 4.69) is 14.9 Å². The van der Waals surface area contributed by atoms with E-state index in [1.54, 1.807) is 27.7 Å². The van der Waals surface area contributed by atoms with Crippen LogP contribution in [0.25, 0.3) is 0 Å². The van der Waals surface area contributed by atoms with Gasteiger partial charge in [-0.3, -0.25) is 4.55 Å². The van der Waals surface area contributed by atoms with Crippen molar-refractivity contribution in [3.63, 3.8) is 0 Å². The van der Waals surface area contributed by atoms with E-state index >= 15 is 0 Å². The van der Waals surface area contributed by atoms with Crippen molar-refractivity contribution >= 4 is 11.3 Å². The summed E-state index contributed by atoms with van der Waals surface area (Å²) in [6.07, 6.45) is -4.46. The van der Waals surface area contributed by atoms with E-state index in [1.165, 1.54) is 17.3 Å². The summed E-state index contributed by atoms with van der Waals surface area (Å²) in [6.45, 7) is 7.04. The van der Waals surface area contributed by atoms with Gasteiger partial charge in [0.25, 0.3) is 0 Å². The van der Waals surface area contributed by atoms with Gasteiger partial charge in [-0.1, -0.05) is 0 Å². The lowest BCUT2D eigenvalue weighted by Gasteiger charge is -2.35. The molecule has 0 radical (unpaired) electrons. The lowest BCUT2D eigenvalue weighted by atomic mass is 10.1. The van der Waals surface area contributed by atoms with Gasteiger partial charge in [0.05, 0.1) is 11.7 Å². The molecule has 0 spiro atoms. The zero-order chi connectivity index (χ0) is 18.0. The second-order valence-corrected chi connectivity index (χ2v) is 6.92. The van der Waals surface area contributed by atoms with Crippen LogP contribution in [-0.2, 0) is 11.3 Å². The number of aryl methyl sites for hydroxylation is 1. The molecule has 0 saturated heterocycles. The summed E-state index contributed by atoms with van der Waals surface area (Å²) >= 11 is -2.25. The van der Waals surface area contributed by atoms with E-state index in [4.69, 9.17) is 0 Å². The molecule has 0 amide bonds. The zero-order valence-electron chi connectivity index (χ0n) is 13.5. The third kappa shape index (κ3) is 5.70. The fraction of sp³-hybridized carbons (Fsp3) is 0.692. The molecule has 0 bridgehead atoms. The molecule has 1 heterocycles. The summed E-state index contributed by atoms with van der Waals surface area (Å²) in [4.78, 5) is 0. The van der Waals surface area contributed by atoms with E-state index < -0.39 is 35.6 Å². The van der Waals surface area contributed by atoms with Crippen molar-refractivity contribution in [1.29, 1.82) is 0 Å². The Morgan fingerprint density at radius 1 is 1.35 bits per heavy atom. The molecule has 2 atom stereocenters. The first-order chi connectivity index (χ1) is 10.3. The van der Waals surface area contributed by atoms with Gasteiger partial charge in [0.2, 0.25) is 17.1 Å². The minimum Gasteiger partial charge on any atom is -0.467 e. The molecule has 0 aromatic carbocycles. The van der Waals surface area contributed by atoms with E-state index in [0.29, 0.717) is 11.3 Å². The fourth-order valence-corrected chi connectivity index (χ4v) is 2.91. The first-order valence-corrected chi connectivity index (χ1v) is 7.83. The summed E-state index contributed by atoms with van der Waals surface area (Å²) in [5.41, 5.74) is 0.0999. The fourth-order valence-electron chi connectivity index (χ4n) is 2.06. The SMILES string of the molecule is Cc1cc([C@@H](C)N(S(=O)O)C(C)(C)C)nnc1OCC(F)(F)F. The number of halogens is 3. The Hall–Kier alpha value is -1.26. The molecule has 0 aliphatic heterocycles. The summed E-state index contributed by atoms with van der Waals surface area (Å²) in [6, 6.07) is 0.929. The molecule has 0 fully saturated rings. The normalized spacial score (nSPS) is 15.6. The monoisotopic (exact) mass is 355 g/mol. The summed E-state index contributed by atoms with van der Waals surface area (Å²) < 4.78 is 63.4. The summed E-state index contributed by atoms with van der Waals surface area (Å²) in [5, 5.41) is 7.47. The summed E-state index contributed by atoms with van der Waals surface area (Å²) in [7, 11) is 0. The molecule has 6 nitrogen and oxygen atoms in total.